The van der Waals surface area contributed by atoms with Gasteiger partial charge in [0.1, 0.15) is 10.6 Å². The van der Waals surface area contributed by atoms with Crippen molar-refractivity contribution in [3.05, 3.63) is 23.8 Å². The fourth-order valence-corrected chi connectivity index (χ4v) is 4.18. The van der Waals surface area contributed by atoms with E-state index in [9.17, 15) is 13.2 Å². The van der Waals surface area contributed by atoms with Crippen LogP contribution in [0.1, 0.15) is 23.2 Å². The Morgan fingerprint density at radius 1 is 1.32 bits per heavy atom. The van der Waals surface area contributed by atoms with Crippen LogP contribution < -0.4 is 4.74 Å². The van der Waals surface area contributed by atoms with Crippen molar-refractivity contribution in [2.45, 2.75) is 17.7 Å². The topological polar surface area (TPSA) is 63.7 Å². The molecule has 0 radical (unpaired) electrons. The lowest BCUT2D eigenvalue weighted by molar-refractivity contribution is 0.0870. The molecule has 1 heterocycles. The molecule has 1 aromatic rings. The fraction of sp³-hybridized carbons (Fsp3) is 0.417. The van der Waals surface area contributed by atoms with Gasteiger partial charge >= 0.3 is 0 Å². The maximum atomic E-state index is 12.4. The van der Waals surface area contributed by atoms with E-state index >= 15 is 0 Å². The van der Waals surface area contributed by atoms with E-state index < -0.39 is 15.9 Å². The van der Waals surface area contributed by atoms with Gasteiger partial charge in [-0.05, 0) is 25.0 Å². The molecule has 1 aliphatic rings. The van der Waals surface area contributed by atoms with Gasteiger partial charge in [0.05, 0.1) is 12.7 Å². The molecule has 0 spiro atoms. The summed E-state index contributed by atoms with van der Waals surface area (Å²) in [6.45, 7) is 0.199. The summed E-state index contributed by atoms with van der Waals surface area (Å²) in [6.07, 6.45) is 1.44. The molecule has 0 N–H and O–H groups in total. The summed E-state index contributed by atoms with van der Waals surface area (Å²) in [7, 11) is -2.38. The van der Waals surface area contributed by atoms with Crippen LogP contribution in [0.15, 0.2) is 23.1 Å². The number of hydrogen-bond donors (Lipinski definition) is 0. The molecular formula is C12H14BrNO4S. The first-order chi connectivity index (χ1) is 9.04. The standard InChI is InChI=1S/C12H14BrNO4S/c1-18-10-6-4-5-9-11(10)19(16,17)14(12(9)15)8-3-2-7-13/h4-6H,2-3,7-8H2,1H3. The molecule has 0 unspecified atom stereocenters. The van der Waals surface area contributed by atoms with E-state index in [1.807, 2.05) is 0 Å². The van der Waals surface area contributed by atoms with Crippen LogP contribution in [0.25, 0.3) is 0 Å². The second-order valence-corrected chi connectivity index (χ2v) is 6.71. The van der Waals surface area contributed by atoms with Gasteiger partial charge in [0, 0.05) is 11.9 Å². The second-order valence-electron chi connectivity index (χ2n) is 4.12. The first-order valence-corrected chi connectivity index (χ1v) is 8.40. The van der Waals surface area contributed by atoms with Crippen molar-refractivity contribution in [3.63, 3.8) is 0 Å². The molecule has 0 saturated heterocycles. The molecule has 0 aliphatic carbocycles. The van der Waals surface area contributed by atoms with Crippen molar-refractivity contribution >= 4 is 31.9 Å². The normalized spacial score (nSPS) is 16.5. The fourth-order valence-electron chi connectivity index (χ4n) is 2.04. The van der Waals surface area contributed by atoms with Crippen molar-refractivity contribution in [2.75, 3.05) is 19.0 Å². The molecule has 1 aliphatic heterocycles. The molecule has 0 fully saturated rings. The Kier molecular flexibility index (Phi) is 4.15. The molecule has 7 heteroatoms. The number of sulfonamides is 1. The lowest BCUT2D eigenvalue weighted by Gasteiger charge is -2.14. The number of unbranched alkanes of at least 4 members (excludes halogenated alkanes) is 1. The minimum absolute atomic E-state index is 0.0126. The molecular weight excluding hydrogens is 334 g/mol. The molecule has 5 nitrogen and oxygen atoms in total. The lowest BCUT2D eigenvalue weighted by Crippen LogP contribution is -2.31. The third-order valence-corrected chi connectivity index (χ3v) is 5.38. The van der Waals surface area contributed by atoms with E-state index in [1.54, 1.807) is 12.1 Å². The number of carbonyl (C=O) groups excluding carboxylic acids is 1. The van der Waals surface area contributed by atoms with Crippen LogP contribution >= 0.6 is 15.9 Å². The van der Waals surface area contributed by atoms with E-state index in [1.165, 1.54) is 13.2 Å². The smallest absolute Gasteiger partial charge is 0.271 e. The van der Waals surface area contributed by atoms with E-state index in [4.69, 9.17) is 4.74 Å². The highest BCUT2D eigenvalue weighted by Crippen LogP contribution is 2.37. The average molecular weight is 348 g/mol. The number of halogens is 1. The minimum Gasteiger partial charge on any atom is -0.495 e. The molecule has 2 rings (SSSR count). The van der Waals surface area contributed by atoms with E-state index in [0.29, 0.717) is 6.42 Å². The second kappa shape index (κ2) is 5.50. The highest BCUT2D eigenvalue weighted by atomic mass is 79.9. The van der Waals surface area contributed by atoms with Crippen LogP contribution in [0.2, 0.25) is 0 Å². The number of alkyl halides is 1. The zero-order valence-electron chi connectivity index (χ0n) is 10.4. The van der Waals surface area contributed by atoms with Gasteiger partial charge in [-0.25, -0.2) is 12.7 Å². The van der Waals surface area contributed by atoms with Crippen molar-refractivity contribution < 1.29 is 17.9 Å². The van der Waals surface area contributed by atoms with Crippen LogP contribution in [-0.2, 0) is 10.0 Å². The monoisotopic (exact) mass is 347 g/mol. The summed E-state index contributed by atoms with van der Waals surface area (Å²) < 4.78 is 30.7. The summed E-state index contributed by atoms with van der Waals surface area (Å²) in [5.74, 6) is -0.252. The number of benzene rings is 1. The molecule has 0 aromatic heterocycles. The van der Waals surface area contributed by atoms with Gasteiger partial charge in [-0.2, -0.15) is 0 Å². The number of hydrogen-bond acceptors (Lipinski definition) is 4. The van der Waals surface area contributed by atoms with Crippen molar-refractivity contribution in [3.8, 4) is 5.75 Å². The molecule has 0 atom stereocenters. The maximum absolute atomic E-state index is 12.4. The Hall–Kier alpha value is -1.08. The van der Waals surface area contributed by atoms with E-state index in [-0.39, 0.29) is 22.8 Å². The van der Waals surface area contributed by atoms with Crippen molar-refractivity contribution in [1.29, 1.82) is 0 Å². The number of fused-ring (bicyclic) bond motifs is 1. The number of amides is 1. The van der Waals surface area contributed by atoms with Gasteiger partial charge < -0.3 is 4.74 Å². The van der Waals surface area contributed by atoms with Crippen LogP contribution in [0, 0.1) is 0 Å². The maximum Gasteiger partial charge on any atom is 0.271 e. The van der Waals surface area contributed by atoms with E-state index in [0.717, 1.165) is 16.1 Å². The molecule has 104 valence electrons. The predicted molar refractivity (Wildman–Crippen MR) is 74.2 cm³/mol. The van der Waals surface area contributed by atoms with Gasteiger partial charge in [0.25, 0.3) is 15.9 Å². The largest absolute Gasteiger partial charge is 0.495 e. The predicted octanol–water partition coefficient (Wildman–Crippen LogP) is 2.01. The van der Waals surface area contributed by atoms with Crippen molar-refractivity contribution in [1.82, 2.24) is 4.31 Å². The van der Waals surface area contributed by atoms with Gasteiger partial charge in [-0.15, -0.1) is 0 Å². The number of methoxy groups -OCH3 is 1. The minimum atomic E-state index is -3.78. The van der Waals surface area contributed by atoms with Crippen LogP contribution in [0.3, 0.4) is 0 Å². The van der Waals surface area contributed by atoms with Crippen LogP contribution in [0.4, 0.5) is 0 Å². The van der Waals surface area contributed by atoms with Crippen LogP contribution in [0.5, 0.6) is 5.75 Å². The lowest BCUT2D eigenvalue weighted by atomic mass is 10.2. The Morgan fingerprint density at radius 2 is 2.05 bits per heavy atom. The Labute approximate surface area is 120 Å². The Bertz CT molecular complexity index is 600. The number of rotatable bonds is 5. The third kappa shape index (κ3) is 2.36. The summed E-state index contributed by atoms with van der Waals surface area (Å²) in [5.41, 5.74) is 0.193. The number of ether oxygens (including phenoxy) is 1. The summed E-state index contributed by atoms with van der Waals surface area (Å²) >= 11 is 3.28. The SMILES string of the molecule is COc1cccc2c1S(=O)(=O)N(CCCCBr)C2=O. The Morgan fingerprint density at radius 3 is 2.68 bits per heavy atom. The summed E-state index contributed by atoms with van der Waals surface area (Å²) in [6, 6.07) is 4.68. The molecule has 19 heavy (non-hydrogen) atoms. The van der Waals surface area contributed by atoms with Crippen LogP contribution in [-0.4, -0.2) is 37.6 Å². The zero-order chi connectivity index (χ0) is 14.0. The molecule has 1 amide bonds. The molecule has 0 saturated carbocycles. The average Bonchev–Trinajstić information content (AvgIpc) is 2.60. The molecule has 1 aromatic carbocycles. The van der Waals surface area contributed by atoms with E-state index in [2.05, 4.69) is 15.9 Å². The number of nitrogens with zero attached hydrogens (tertiary/aromatic N) is 1. The van der Waals surface area contributed by atoms with Crippen molar-refractivity contribution in [2.24, 2.45) is 0 Å². The number of carbonyl (C=O) groups is 1. The van der Waals surface area contributed by atoms with Gasteiger partial charge in [0.15, 0.2) is 0 Å². The van der Waals surface area contributed by atoms with Gasteiger partial charge in [0.2, 0.25) is 0 Å². The Balaban J connectivity index is 2.42. The summed E-state index contributed by atoms with van der Waals surface area (Å²) in [4.78, 5) is 12.1. The zero-order valence-corrected chi connectivity index (χ0v) is 12.8. The summed E-state index contributed by atoms with van der Waals surface area (Å²) in [5, 5.41) is 0.783. The highest BCUT2D eigenvalue weighted by Gasteiger charge is 2.43. The van der Waals surface area contributed by atoms with Gasteiger partial charge in [-0.3, -0.25) is 4.79 Å². The quantitative estimate of drug-likeness (QED) is 0.603. The first kappa shape index (κ1) is 14.3. The third-order valence-electron chi connectivity index (χ3n) is 2.95. The molecule has 0 bridgehead atoms. The first-order valence-electron chi connectivity index (χ1n) is 5.84. The van der Waals surface area contributed by atoms with Gasteiger partial charge in [-0.1, -0.05) is 22.0 Å². The highest BCUT2D eigenvalue weighted by molar-refractivity contribution is 9.09.